The van der Waals surface area contributed by atoms with E-state index in [0.29, 0.717) is 0 Å². The van der Waals surface area contributed by atoms with Gasteiger partial charge in [-0.25, -0.2) is 0 Å². The highest BCUT2D eigenvalue weighted by atomic mass is 16.5. The average Bonchev–Trinajstić information content (AvgIpc) is 3.10. The number of rotatable bonds is 0. The van der Waals surface area contributed by atoms with Gasteiger partial charge in [-0.05, 0) is 28.7 Å². The third kappa shape index (κ3) is 2.02. The Morgan fingerprint density at radius 2 is 1.44 bits per heavy atom. The molecule has 18 heavy (non-hydrogen) atoms. The topological polar surface area (TPSA) is 38.9 Å². The number of aromatic nitrogens is 2. The Morgan fingerprint density at radius 3 is 1.89 bits per heavy atom. The Bertz CT molecular complexity index is 572. The van der Waals surface area contributed by atoms with Crippen LogP contribution in [0, 0.1) is 0 Å². The van der Waals surface area contributed by atoms with Gasteiger partial charge in [0.1, 0.15) is 6.26 Å². The van der Waals surface area contributed by atoms with Crippen molar-refractivity contribution >= 4 is 0 Å². The van der Waals surface area contributed by atoms with Crippen molar-refractivity contribution in [1.82, 2.24) is 10.4 Å². The van der Waals surface area contributed by atoms with Gasteiger partial charge in [0.25, 0.3) is 0 Å². The van der Waals surface area contributed by atoms with Crippen LogP contribution in [0.25, 0.3) is 11.1 Å². The maximum atomic E-state index is 4.22. The van der Waals surface area contributed by atoms with Crippen LogP contribution in [0.5, 0.6) is 0 Å². The molecule has 0 N–H and O–H groups in total. The number of benzene rings is 2. The molecular weight excluding hydrogens is 224 g/mol. The summed E-state index contributed by atoms with van der Waals surface area (Å²) >= 11 is 0. The minimum Gasteiger partial charge on any atom is -0.346 e. The van der Waals surface area contributed by atoms with Crippen molar-refractivity contribution < 1.29 is 4.52 Å². The Morgan fingerprint density at radius 1 is 0.833 bits per heavy atom. The van der Waals surface area contributed by atoms with Crippen LogP contribution in [0.2, 0.25) is 0 Å². The first-order valence-corrected chi connectivity index (χ1v) is 5.82. The molecule has 0 radical (unpaired) electrons. The van der Waals surface area contributed by atoms with E-state index in [1.54, 1.807) is 0 Å². The number of hydrogen-bond donors (Lipinski definition) is 0. The molecular formula is C15H12N2O. The van der Waals surface area contributed by atoms with Crippen molar-refractivity contribution in [2.24, 2.45) is 0 Å². The fourth-order valence-electron chi connectivity index (χ4n) is 2.22. The van der Waals surface area contributed by atoms with Gasteiger partial charge in [0, 0.05) is 5.27 Å². The maximum absolute atomic E-state index is 4.22. The number of fused-ring (bicyclic) bond motifs is 3. The van der Waals surface area contributed by atoms with Crippen LogP contribution in [0.15, 0.2) is 65.5 Å². The molecule has 0 saturated heterocycles. The molecule has 0 aliphatic heterocycles. The van der Waals surface area contributed by atoms with Gasteiger partial charge in [0.2, 0.25) is 0 Å². The van der Waals surface area contributed by atoms with Crippen LogP contribution in [0.3, 0.4) is 0 Å². The predicted octanol–water partition coefficient (Wildman–Crippen LogP) is 3.33. The lowest BCUT2D eigenvalue weighted by Gasteiger charge is -1.98. The lowest BCUT2D eigenvalue weighted by Crippen LogP contribution is -1.77. The molecule has 2 aromatic carbocycles. The molecule has 1 aliphatic rings. The van der Waals surface area contributed by atoms with Crippen molar-refractivity contribution in [2.45, 2.75) is 6.42 Å². The first-order valence-electron chi connectivity index (χ1n) is 5.82. The molecule has 3 heteroatoms. The summed E-state index contributed by atoms with van der Waals surface area (Å²) in [6, 6.07) is 17.3. The molecule has 0 fully saturated rings. The van der Waals surface area contributed by atoms with Gasteiger partial charge in [-0.15, -0.1) is 5.10 Å². The largest absolute Gasteiger partial charge is 0.346 e. The number of nitrogens with zero attached hydrogens (tertiary/aromatic N) is 2. The van der Waals surface area contributed by atoms with Crippen molar-refractivity contribution in [3.8, 4) is 11.1 Å². The molecule has 0 unspecified atom stereocenters. The molecule has 1 heterocycles. The van der Waals surface area contributed by atoms with Gasteiger partial charge >= 0.3 is 0 Å². The summed E-state index contributed by atoms with van der Waals surface area (Å²) in [5, 5.41) is 6.40. The summed E-state index contributed by atoms with van der Waals surface area (Å²) in [4.78, 5) is 0. The van der Waals surface area contributed by atoms with Crippen molar-refractivity contribution in [3.63, 3.8) is 0 Å². The van der Waals surface area contributed by atoms with Crippen LogP contribution in [-0.2, 0) is 6.42 Å². The standard InChI is InChI=1S/C13H10.C2H2N2O/c1-3-7-12-10(5-1)9-11-6-2-4-8-13(11)12;1-2-5-4-3-1/h1-8H,9H2;1-2H. The Kier molecular flexibility index (Phi) is 2.88. The second-order valence-electron chi connectivity index (χ2n) is 4.08. The zero-order valence-electron chi connectivity index (χ0n) is 9.78. The van der Waals surface area contributed by atoms with E-state index in [1.165, 1.54) is 34.7 Å². The van der Waals surface area contributed by atoms with E-state index in [0.717, 1.165) is 6.42 Å². The molecule has 1 aliphatic carbocycles. The second kappa shape index (κ2) is 4.84. The average molecular weight is 236 g/mol. The Hall–Kier alpha value is -2.42. The lowest BCUT2D eigenvalue weighted by molar-refractivity contribution is 0.393. The fraction of sp³-hybridized carbons (Fsp3) is 0.0667. The van der Waals surface area contributed by atoms with Gasteiger partial charge < -0.3 is 4.52 Å². The summed E-state index contributed by atoms with van der Waals surface area (Å²) in [5.74, 6) is 0. The van der Waals surface area contributed by atoms with Gasteiger partial charge in [-0.1, -0.05) is 48.5 Å². The molecule has 0 bridgehead atoms. The summed E-state index contributed by atoms with van der Waals surface area (Å²) in [6.07, 6.45) is 3.98. The molecule has 0 spiro atoms. The normalized spacial score (nSPS) is 11.1. The highest BCUT2D eigenvalue weighted by molar-refractivity contribution is 5.76. The first-order chi connectivity index (χ1) is 8.95. The molecule has 3 aromatic rings. The minimum absolute atomic E-state index is 1.10. The molecule has 4 rings (SSSR count). The van der Waals surface area contributed by atoms with E-state index in [4.69, 9.17) is 0 Å². The highest BCUT2D eigenvalue weighted by Crippen LogP contribution is 2.35. The van der Waals surface area contributed by atoms with Crippen LogP contribution < -0.4 is 0 Å². The SMILES string of the molecule is c1ccc2c(c1)Cc1ccccc1-2.c1conn1. The number of hydrogen-bond acceptors (Lipinski definition) is 3. The minimum atomic E-state index is 1.10. The van der Waals surface area contributed by atoms with Gasteiger partial charge in [0.05, 0.1) is 6.20 Å². The van der Waals surface area contributed by atoms with Crippen LogP contribution in [0.1, 0.15) is 11.1 Å². The predicted molar refractivity (Wildman–Crippen MR) is 69.0 cm³/mol. The fourth-order valence-corrected chi connectivity index (χ4v) is 2.22. The van der Waals surface area contributed by atoms with Crippen LogP contribution in [0.4, 0.5) is 0 Å². The van der Waals surface area contributed by atoms with E-state index in [1.807, 2.05) is 0 Å². The Labute approximate surface area is 105 Å². The third-order valence-corrected chi connectivity index (χ3v) is 2.99. The van der Waals surface area contributed by atoms with Crippen LogP contribution in [-0.4, -0.2) is 10.4 Å². The molecule has 0 saturated carbocycles. The summed E-state index contributed by atoms with van der Waals surface area (Å²) in [7, 11) is 0. The van der Waals surface area contributed by atoms with E-state index in [-0.39, 0.29) is 0 Å². The molecule has 0 atom stereocenters. The van der Waals surface area contributed by atoms with Crippen LogP contribution >= 0.6 is 0 Å². The lowest BCUT2D eigenvalue weighted by atomic mass is 10.1. The van der Waals surface area contributed by atoms with Crippen molar-refractivity contribution in [2.75, 3.05) is 0 Å². The van der Waals surface area contributed by atoms with E-state index in [2.05, 4.69) is 63.4 Å². The summed E-state index contributed by atoms with van der Waals surface area (Å²) in [6.45, 7) is 0. The van der Waals surface area contributed by atoms with E-state index in [9.17, 15) is 0 Å². The molecule has 88 valence electrons. The maximum Gasteiger partial charge on any atom is 0.144 e. The second-order valence-corrected chi connectivity index (χ2v) is 4.08. The quantitative estimate of drug-likeness (QED) is 0.470. The zero-order chi connectivity index (χ0) is 12.2. The first kappa shape index (κ1) is 10.7. The summed E-state index contributed by atoms with van der Waals surface area (Å²) < 4.78 is 4.22. The van der Waals surface area contributed by atoms with E-state index < -0.39 is 0 Å². The third-order valence-electron chi connectivity index (χ3n) is 2.99. The highest BCUT2D eigenvalue weighted by Gasteiger charge is 2.15. The van der Waals surface area contributed by atoms with Gasteiger partial charge in [-0.3, -0.25) is 0 Å². The molecule has 3 nitrogen and oxygen atoms in total. The van der Waals surface area contributed by atoms with E-state index >= 15 is 0 Å². The van der Waals surface area contributed by atoms with Crippen molar-refractivity contribution in [3.05, 3.63) is 72.1 Å². The molecule has 0 amide bonds. The van der Waals surface area contributed by atoms with Gasteiger partial charge in [0.15, 0.2) is 0 Å². The molecule has 1 aromatic heterocycles. The summed E-state index contributed by atoms with van der Waals surface area (Å²) in [5.41, 5.74) is 5.75. The smallest absolute Gasteiger partial charge is 0.144 e. The monoisotopic (exact) mass is 236 g/mol. The van der Waals surface area contributed by atoms with Crippen molar-refractivity contribution in [1.29, 1.82) is 0 Å². The Balaban J connectivity index is 0.000000169. The van der Waals surface area contributed by atoms with Gasteiger partial charge in [-0.2, -0.15) is 0 Å². The zero-order valence-corrected chi connectivity index (χ0v) is 9.78.